The molecule has 1 aromatic rings. The zero-order valence-corrected chi connectivity index (χ0v) is 15.1. The van der Waals surface area contributed by atoms with E-state index in [-0.39, 0.29) is 11.9 Å². The van der Waals surface area contributed by atoms with Crippen LogP contribution in [0.4, 0.5) is 4.79 Å². The van der Waals surface area contributed by atoms with E-state index in [0.717, 1.165) is 12.0 Å². The Hall–Kier alpha value is -2.12. The third kappa shape index (κ3) is 3.83. The Bertz CT molecular complexity index is 657. The van der Waals surface area contributed by atoms with Gasteiger partial charge in [0.1, 0.15) is 5.60 Å². The van der Waals surface area contributed by atoms with E-state index in [2.05, 4.69) is 11.4 Å². The van der Waals surface area contributed by atoms with Crippen molar-refractivity contribution in [3.8, 4) is 0 Å². The number of hydrogen-bond donors (Lipinski definition) is 2. The van der Waals surface area contributed by atoms with Crippen LogP contribution in [0.15, 0.2) is 24.3 Å². The predicted molar refractivity (Wildman–Crippen MR) is 95.0 cm³/mol. The third-order valence-electron chi connectivity index (χ3n) is 5.29. The van der Waals surface area contributed by atoms with Crippen LogP contribution in [-0.2, 0) is 26.3 Å². The smallest absolute Gasteiger partial charge is 0.317 e. The first kappa shape index (κ1) is 18.7. The van der Waals surface area contributed by atoms with Crippen LogP contribution < -0.4 is 5.32 Å². The van der Waals surface area contributed by atoms with E-state index in [1.807, 2.05) is 18.2 Å². The second-order valence-electron chi connectivity index (χ2n) is 6.94. The van der Waals surface area contributed by atoms with Gasteiger partial charge in [-0.05, 0) is 30.4 Å². The summed E-state index contributed by atoms with van der Waals surface area (Å²) in [6, 6.07) is 7.90. The molecule has 142 valence electrons. The monoisotopic (exact) mass is 362 g/mol. The average Bonchev–Trinajstić information content (AvgIpc) is 2.67. The molecule has 1 aromatic carbocycles. The summed E-state index contributed by atoms with van der Waals surface area (Å²) < 4.78 is 11.5. The van der Waals surface area contributed by atoms with Crippen molar-refractivity contribution in [1.29, 1.82) is 0 Å². The summed E-state index contributed by atoms with van der Waals surface area (Å²) in [4.78, 5) is 25.3. The van der Waals surface area contributed by atoms with Gasteiger partial charge in [-0.25, -0.2) is 4.79 Å². The van der Waals surface area contributed by atoms with Crippen molar-refractivity contribution in [3.05, 3.63) is 35.4 Å². The normalized spacial score (nSPS) is 23.3. The Morgan fingerprint density at radius 1 is 1.35 bits per heavy atom. The molecule has 2 aliphatic rings. The fourth-order valence-electron chi connectivity index (χ4n) is 3.83. The number of carbonyl (C=O) groups is 2. The van der Waals surface area contributed by atoms with Gasteiger partial charge in [-0.3, -0.25) is 4.79 Å². The number of amides is 2. The highest BCUT2D eigenvalue weighted by Gasteiger charge is 2.39. The van der Waals surface area contributed by atoms with Crippen LogP contribution in [0.5, 0.6) is 0 Å². The first-order valence-corrected chi connectivity index (χ1v) is 9.02. The number of nitrogens with one attached hydrogen (secondary N) is 1. The molecule has 1 unspecified atom stereocenters. The largest absolute Gasteiger partial charge is 0.481 e. The zero-order valence-electron chi connectivity index (χ0n) is 15.1. The van der Waals surface area contributed by atoms with Crippen LogP contribution in [0.25, 0.3) is 0 Å². The number of carboxylic acid groups (broad SMARTS) is 1. The van der Waals surface area contributed by atoms with Gasteiger partial charge in [0.15, 0.2) is 0 Å². The molecule has 7 heteroatoms. The second kappa shape index (κ2) is 8.05. The van der Waals surface area contributed by atoms with Crippen molar-refractivity contribution in [3.63, 3.8) is 0 Å². The fraction of sp³-hybridized carbons (Fsp3) is 0.579. The Kier molecular flexibility index (Phi) is 5.78. The standard InChI is InChI=1S/C19H26N2O5/c1-25-13-19(16-5-3-2-4-14(16)8-11-26-19)12-20-18(24)21-9-6-15(7-10-21)17(22)23/h2-5,15H,6-13H2,1H3,(H,20,24)(H,22,23). The van der Waals surface area contributed by atoms with E-state index in [0.29, 0.717) is 45.7 Å². The van der Waals surface area contributed by atoms with Crippen molar-refractivity contribution in [2.75, 3.05) is 40.0 Å². The number of carbonyl (C=O) groups excluding carboxylic acids is 1. The first-order valence-electron chi connectivity index (χ1n) is 9.02. The van der Waals surface area contributed by atoms with E-state index in [1.165, 1.54) is 5.56 Å². The van der Waals surface area contributed by atoms with Crippen LogP contribution in [0.3, 0.4) is 0 Å². The maximum absolute atomic E-state index is 12.5. The molecule has 2 amide bonds. The molecule has 0 aliphatic carbocycles. The molecule has 0 bridgehead atoms. The molecule has 0 radical (unpaired) electrons. The van der Waals surface area contributed by atoms with Crippen molar-refractivity contribution in [2.24, 2.45) is 5.92 Å². The molecule has 0 saturated carbocycles. The topological polar surface area (TPSA) is 88.1 Å². The summed E-state index contributed by atoms with van der Waals surface area (Å²) in [5.74, 6) is -1.14. The van der Waals surface area contributed by atoms with Crippen LogP contribution in [-0.4, -0.2) is 62.0 Å². The minimum Gasteiger partial charge on any atom is -0.481 e. The number of carboxylic acids is 1. The molecule has 26 heavy (non-hydrogen) atoms. The number of urea groups is 1. The number of rotatable bonds is 5. The van der Waals surface area contributed by atoms with E-state index in [1.54, 1.807) is 12.0 Å². The Labute approximate surface area is 153 Å². The molecule has 2 N–H and O–H groups in total. The van der Waals surface area contributed by atoms with E-state index >= 15 is 0 Å². The molecule has 0 spiro atoms. The zero-order chi connectivity index (χ0) is 18.6. The minimum absolute atomic E-state index is 0.184. The van der Waals surface area contributed by atoms with Gasteiger partial charge in [-0.1, -0.05) is 24.3 Å². The molecule has 2 aliphatic heterocycles. The summed E-state index contributed by atoms with van der Waals surface area (Å²) in [6.07, 6.45) is 1.83. The highest BCUT2D eigenvalue weighted by molar-refractivity contribution is 5.75. The molecule has 1 saturated heterocycles. The molecule has 1 atom stereocenters. The van der Waals surface area contributed by atoms with Gasteiger partial charge in [0.2, 0.25) is 0 Å². The van der Waals surface area contributed by atoms with Crippen molar-refractivity contribution < 1.29 is 24.2 Å². The van der Waals surface area contributed by atoms with Crippen molar-refractivity contribution in [1.82, 2.24) is 10.2 Å². The number of aliphatic carboxylic acids is 1. The van der Waals surface area contributed by atoms with Crippen LogP contribution >= 0.6 is 0 Å². The number of benzene rings is 1. The highest BCUT2D eigenvalue weighted by Crippen LogP contribution is 2.33. The number of methoxy groups -OCH3 is 1. The summed E-state index contributed by atoms with van der Waals surface area (Å²) in [7, 11) is 1.63. The number of ether oxygens (including phenoxy) is 2. The fourth-order valence-corrected chi connectivity index (χ4v) is 3.83. The van der Waals surface area contributed by atoms with Gasteiger partial charge < -0.3 is 24.8 Å². The van der Waals surface area contributed by atoms with Crippen LogP contribution in [0, 0.1) is 5.92 Å². The van der Waals surface area contributed by atoms with Crippen molar-refractivity contribution >= 4 is 12.0 Å². The molecule has 2 heterocycles. The Balaban J connectivity index is 1.65. The third-order valence-corrected chi connectivity index (χ3v) is 5.29. The lowest BCUT2D eigenvalue weighted by Gasteiger charge is -2.39. The summed E-state index contributed by atoms with van der Waals surface area (Å²) >= 11 is 0. The van der Waals surface area contributed by atoms with Gasteiger partial charge >= 0.3 is 12.0 Å². The molecular formula is C19H26N2O5. The van der Waals surface area contributed by atoms with Crippen molar-refractivity contribution in [2.45, 2.75) is 24.9 Å². The van der Waals surface area contributed by atoms with E-state index in [4.69, 9.17) is 14.6 Å². The van der Waals surface area contributed by atoms with Gasteiger partial charge in [0.05, 0.1) is 25.7 Å². The SMILES string of the molecule is COCC1(CNC(=O)N2CCC(C(=O)O)CC2)OCCc2ccccc21. The van der Waals surface area contributed by atoms with E-state index < -0.39 is 11.6 Å². The van der Waals surface area contributed by atoms with Gasteiger partial charge in [0.25, 0.3) is 0 Å². The van der Waals surface area contributed by atoms with Gasteiger partial charge in [-0.2, -0.15) is 0 Å². The lowest BCUT2D eigenvalue weighted by Crippen LogP contribution is -2.52. The predicted octanol–water partition coefficient (Wildman–Crippen LogP) is 1.61. The van der Waals surface area contributed by atoms with E-state index in [9.17, 15) is 9.59 Å². The lowest BCUT2D eigenvalue weighted by molar-refractivity contribution is -0.143. The summed E-state index contributed by atoms with van der Waals surface area (Å²) in [5, 5.41) is 12.0. The molecule has 3 rings (SSSR count). The number of hydrogen-bond acceptors (Lipinski definition) is 4. The van der Waals surface area contributed by atoms with Gasteiger partial charge in [-0.15, -0.1) is 0 Å². The van der Waals surface area contributed by atoms with Crippen LogP contribution in [0.1, 0.15) is 24.0 Å². The number of piperidine rings is 1. The lowest BCUT2D eigenvalue weighted by atomic mass is 9.86. The van der Waals surface area contributed by atoms with Crippen LogP contribution in [0.2, 0.25) is 0 Å². The average molecular weight is 362 g/mol. The summed E-state index contributed by atoms with van der Waals surface area (Å²) in [6.45, 7) is 2.16. The Morgan fingerprint density at radius 3 is 2.77 bits per heavy atom. The summed E-state index contributed by atoms with van der Waals surface area (Å²) in [5.41, 5.74) is 1.57. The molecular weight excluding hydrogens is 336 g/mol. The number of likely N-dealkylation sites (tertiary alicyclic amines) is 1. The molecule has 7 nitrogen and oxygen atoms in total. The maximum Gasteiger partial charge on any atom is 0.317 e. The molecule has 1 fully saturated rings. The Morgan fingerprint density at radius 2 is 2.08 bits per heavy atom. The first-order chi connectivity index (χ1) is 12.6. The highest BCUT2D eigenvalue weighted by atomic mass is 16.5. The number of fused-ring (bicyclic) bond motifs is 1. The maximum atomic E-state index is 12.5. The molecule has 0 aromatic heterocycles. The minimum atomic E-state index is -0.781. The quantitative estimate of drug-likeness (QED) is 0.831. The van der Waals surface area contributed by atoms with Gasteiger partial charge in [0, 0.05) is 20.2 Å². The second-order valence-corrected chi connectivity index (χ2v) is 6.94. The number of nitrogens with zero attached hydrogens (tertiary/aromatic N) is 1.